The maximum absolute atomic E-state index is 12.2. The molecule has 0 aliphatic carbocycles. The Morgan fingerprint density at radius 1 is 1.05 bits per heavy atom. The number of nitrogens with one attached hydrogen (secondary N) is 1. The molecule has 0 heterocycles. The van der Waals surface area contributed by atoms with Crippen molar-refractivity contribution in [1.29, 1.82) is 0 Å². The fourth-order valence-electron chi connectivity index (χ4n) is 2.07. The number of halogens is 2. The summed E-state index contributed by atoms with van der Waals surface area (Å²) in [5.74, 6) is 0.160. The van der Waals surface area contributed by atoms with Crippen LogP contribution in [-0.4, -0.2) is 6.61 Å². The molecule has 2 aromatic carbocycles. The molecule has 0 radical (unpaired) electrons. The Labute approximate surface area is 117 Å². The zero-order valence-electron chi connectivity index (χ0n) is 11.2. The summed E-state index contributed by atoms with van der Waals surface area (Å²) in [4.78, 5) is 0. The second-order valence-electron chi connectivity index (χ2n) is 4.42. The minimum absolute atomic E-state index is 0.137. The van der Waals surface area contributed by atoms with Gasteiger partial charge in [0.25, 0.3) is 0 Å². The molecule has 1 N–H and O–H groups in total. The van der Waals surface area contributed by atoms with Gasteiger partial charge in [0.15, 0.2) is 0 Å². The van der Waals surface area contributed by atoms with E-state index in [1.54, 1.807) is 12.1 Å². The van der Waals surface area contributed by atoms with Gasteiger partial charge in [0, 0.05) is 11.8 Å². The minimum atomic E-state index is -2.80. The molecule has 2 rings (SSSR count). The molecule has 0 amide bonds. The zero-order valence-corrected chi connectivity index (χ0v) is 11.2. The molecule has 0 saturated heterocycles. The topological polar surface area (TPSA) is 21.3 Å². The zero-order chi connectivity index (χ0) is 14.4. The van der Waals surface area contributed by atoms with Gasteiger partial charge in [-0.3, -0.25) is 0 Å². The molecule has 0 bridgehead atoms. The summed E-state index contributed by atoms with van der Waals surface area (Å²) in [7, 11) is 0. The molecule has 2 aromatic rings. The number of ether oxygens (including phenoxy) is 1. The summed E-state index contributed by atoms with van der Waals surface area (Å²) >= 11 is 0. The van der Waals surface area contributed by atoms with Crippen LogP contribution in [0.5, 0.6) is 5.75 Å². The van der Waals surface area contributed by atoms with Crippen LogP contribution in [0, 0.1) is 0 Å². The minimum Gasteiger partial charge on any atom is -0.435 e. The Bertz CT molecular complexity index is 531. The number of hydrogen-bond acceptors (Lipinski definition) is 2. The quantitative estimate of drug-likeness (QED) is 0.814. The van der Waals surface area contributed by atoms with E-state index in [1.165, 1.54) is 6.07 Å². The normalized spacial score (nSPS) is 12.2. The van der Waals surface area contributed by atoms with Crippen LogP contribution >= 0.6 is 0 Å². The van der Waals surface area contributed by atoms with Crippen molar-refractivity contribution in [2.24, 2.45) is 0 Å². The van der Waals surface area contributed by atoms with E-state index in [0.717, 1.165) is 17.7 Å². The Morgan fingerprint density at radius 2 is 1.80 bits per heavy atom. The molecule has 0 fully saturated rings. The lowest BCUT2D eigenvalue weighted by atomic mass is 10.0. The number of rotatable bonds is 6. The maximum Gasteiger partial charge on any atom is 0.387 e. The molecule has 0 saturated carbocycles. The van der Waals surface area contributed by atoms with Crippen LogP contribution in [0.3, 0.4) is 0 Å². The van der Waals surface area contributed by atoms with E-state index in [9.17, 15) is 8.78 Å². The summed E-state index contributed by atoms with van der Waals surface area (Å²) in [5.41, 5.74) is 1.93. The van der Waals surface area contributed by atoms with Gasteiger partial charge in [-0.05, 0) is 24.1 Å². The Balaban J connectivity index is 2.12. The van der Waals surface area contributed by atoms with Crippen LogP contribution in [0.1, 0.15) is 24.9 Å². The van der Waals surface area contributed by atoms with Crippen LogP contribution in [-0.2, 0) is 0 Å². The van der Waals surface area contributed by atoms with Crippen LogP contribution in [0.4, 0.5) is 14.5 Å². The van der Waals surface area contributed by atoms with Crippen molar-refractivity contribution in [2.75, 3.05) is 5.32 Å². The molecule has 0 aliphatic heterocycles. The smallest absolute Gasteiger partial charge is 0.387 e. The third-order valence-electron chi connectivity index (χ3n) is 3.01. The summed E-state index contributed by atoms with van der Waals surface area (Å²) < 4.78 is 28.8. The van der Waals surface area contributed by atoms with Gasteiger partial charge in [0.1, 0.15) is 5.75 Å². The molecule has 106 valence electrons. The molecule has 1 unspecified atom stereocenters. The first-order valence-corrected chi connectivity index (χ1v) is 6.55. The van der Waals surface area contributed by atoms with Gasteiger partial charge < -0.3 is 10.1 Å². The van der Waals surface area contributed by atoms with E-state index in [2.05, 4.69) is 17.0 Å². The second-order valence-corrected chi connectivity index (χ2v) is 4.42. The fraction of sp³-hybridized carbons (Fsp3) is 0.250. The van der Waals surface area contributed by atoms with Gasteiger partial charge in [-0.1, -0.05) is 43.3 Å². The molecule has 20 heavy (non-hydrogen) atoms. The van der Waals surface area contributed by atoms with Crippen LogP contribution in [0.2, 0.25) is 0 Å². The molecule has 0 spiro atoms. The van der Waals surface area contributed by atoms with Gasteiger partial charge in [0.2, 0.25) is 0 Å². The Morgan fingerprint density at radius 3 is 2.45 bits per heavy atom. The number of benzene rings is 2. The van der Waals surface area contributed by atoms with Gasteiger partial charge >= 0.3 is 6.61 Å². The van der Waals surface area contributed by atoms with Gasteiger partial charge in [-0.15, -0.1) is 0 Å². The second kappa shape index (κ2) is 6.89. The maximum atomic E-state index is 12.2. The molecule has 2 nitrogen and oxygen atoms in total. The van der Waals surface area contributed by atoms with Gasteiger partial charge in [0.05, 0.1) is 6.04 Å². The van der Waals surface area contributed by atoms with Crippen molar-refractivity contribution in [2.45, 2.75) is 26.0 Å². The van der Waals surface area contributed by atoms with E-state index < -0.39 is 6.61 Å². The standard InChI is InChI=1S/C16H17F2NO/c1-2-15(12-7-4-3-5-8-12)19-13-9-6-10-14(11-13)20-16(17)18/h3-11,15-16,19H,2H2,1H3. The van der Waals surface area contributed by atoms with Crippen molar-refractivity contribution in [3.05, 3.63) is 60.2 Å². The number of hydrogen-bond donors (Lipinski definition) is 1. The third kappa shape index (κ3) is 3.95. The van der Waals surface area contributed by atoms with E-state index >= 15 is 0 Å². The van der Waals surface area contributed by atoms with Crippen molar-refractivity contribution in [3.63, 3.8) is 0 Å². The third-order valence-corrected chi connectivity index (χ3v) is 3.01. The van der Waals surface area contributed by atoms with E-state index in [4.69, 9.17) is 0 Å². The van der Waals surface area contributed by atoms with E-state index in [0.29, 0.717) is 0 Å². The summed E-state index contributed by atoms with van der Waals surface area (Å²) in [6.45, 7) is -0.731. The highest BCUT2D eigenvalue weighted by atomic mass is 19.3. The molecular weight excluding hydrogens is 260 g/mol. The predicted molar refractivity (Wildman–Crippen MR) is 76.2 cm³/mol. The molecule has 0 aromatic heterocycles. The lowest BCUT2D eigenvalue weighted by molar-refractivity contribution is -0.0498. The fourth-order valence-corrected chi connectivity index (χ4v) is 2.07. The summed E-state index contributed by atoms with van der Waals surface area (Å²) in [5, 5.41) is 3.33. The molecule has 1 atom stereocenters. The lowest BCUT2D eigenvalue weighted by Gasteiger charge is -2.19. The number of anilines is 1. The number of alkyl halides is 2. The van der Waals surface area contributed by atoms with Crippen molar-refractivity contribution in [3.8, 4) is 5.75 Å². The van der Waals surface area contributed by atoms with E-state index in [-0.39, 0.29) is 11.8 Å². The largest absolute Gasteiger partial charge is 0.435 e. The van der Waals surface area contributed by atoms with Crippen LogP contribution < -0.4 is 10.1 Å². The average Bonchev–Trinajstić information content (AvgIpc) is 2.45. The first-order valence-electron chi connectivity index (χ1n) is 6.55. The van der Waals surface area contributed by atoms with Crippen molar-refractivity contribution < 1.29 is 13.5 Å². The molecule has 4 heteroatoms. The lowest BCUT2D eigenvalue weighted by Crippen LogP contribution is -2.10. The van der Waals surface area contributed by atoms with E-state index in [1.807, 2.05) is 36.4 Å². The molecular formula is C16H17F2NO. The highest BCUT2D eigenvalue weighted by molar-refractivity contribution is 5.50. The molecule has 0 aliphatic rings. The first kappa shape index (κ1) is 14.3. The van der Waals surface area contributed by atoms with Crippen LogP contribution in [0.15, 0.2) is 54.6 Å². The van der Waals surface area contributed by atoms with Crippen molar-refractivity contribution >= 4 is 5.69 Å². The summed E-state index contributed by atoms with van der Waals surface area (Å²) in [6, 6.07) is 16.8. The Kier molecular flexibility index (Phi) is 4.93. The highest BCUT2D eigenvalue weighted by Gasteiger charge is 2.10. The first-order chi connectivity index (χ1) is 9.69. The Hall–Kier alpha value is -2.10. The van der Waals surface area contributed by atoms with Gasteiger partial charge in [-0.2, -0.15) is 8.78 Å². The highest BCUT2D eigenvalue weighted by Crippen LogP contribution is 2.25. The average molecular weight is 277 g/mol. The van der Waals surface area contributed by atoms with Gasteiger partial charge in [-0.25, -0.2) is 0 Å². The van der Waals surface area contributed by atoms with Crippen molar-refractivity contribution in [1.82, 2.24) is 0 Å². The monoisotopic (exact) mass is 277 g/mol. The predicted octanol–water partition coefficient (Wildman–Crippen LogP) is 4.85. The van der Waals surface area contributed by atoms with Crippen LogP contribution in [0.25, 0.3) is 0 Å². The summed E-state index contributed by atoms with van der Waals surface area (Å²) in [6.07, 6.45) is 0.893. The SMILES string of the molecule is CCC(Nc1cccc(OC(F)F)c1)c1ccccc1.